The van der Waals surface area contributed by atoms with Gasteiger partial charge in [0.05, 0.1) is 0 Å². The molecular weight excluding hydrogens is 332 g/mol. The Kier molecular flexibility index (Phi) is 6.21. The molecule has 0 spiro atoms. The van der Waals surface area contributed by atoms with Crippen LogP contribution in [0.5, 0.6) is 6.01 Å². The monoisotopic (exact) mass is 347 g/mol. The summed E-state index contributed by atoms with van der Waals surface area (Å²) in [5.74, 6) is -0.409. The van der Waals surface area contributed by atoms with Gasteiger partial charge in [-0.1, -0.05) is 13.3 Å². The van der Waals surface area contributed by atoms with E-state index >= 15 is 0 Å². The first-order valence-electron chi connectivity index (χ1n) is 6.55. The molecule has 0 aromatic carbocycles. The molecule has 12 heteroatoms. The number of hydrogen-bond donors (Lipinski definition) is 2. The maximum atomic E-state index is 12.5. The van der Waals surface area contributed by atoms with E-state index in [-0.39, 0.29) is 11.9 Å². The standard InChI is InChI=1S/C11H15F6N5O/c1-3-4-5-19-8-20-7(18-2)21-9(22-8)23-6(10(12,13)14)11(15,16)17/h6H,3-5H2,1-2H3,(H2,18,19,20,21,22). The third kappa shape index (κ3) is 5.94. The fourth-order valence-electron chi connectivity index (χ4n) is 1.40. The molecule has 1 aromatic rings. The van der Waals surface area contributed by atoms with Gasteiger partial charge in [0.2, 0.25) is 11.9 Å². The molecule has 0 amide bonds. The maximum Gasteiger partial charge on any atom is 0.434 e. The van der Waals surface area contributed by atoms with Gasteiger partial charge >= 0.3 is 18.4 Å². The Hall–Kier alpha value is -2.01. The van der Waals surface area contributed by atoms with Gasteiger partial charge in [-0.05, 0) is 6.42 Å². The van der Waals surface area contributed by atoms with Crippen LogP contribution in [-0.4, -0.2) is 47.0 Å². The first kappa shape index (κ1) is 19.0. The van der Waals surface area contributed by atoms with Crippen LogP contribution in [0.25, 0.3) is 0 Å². The molecule has 0 fully saturated rings. The molecule has 0 aliphatic carbocycles. The topological polar surface area (TPSA) is 72.0 Å². The van der Waals surface area contributed by atoms with Crippen LogP contribution < -0.4 is 15.4 Å². The molecule has 6 nitrogen and oxygen atoms in total. The zero-order chi connectivity index (χ0) is 17.7. The average molecular weight is 347 g/mol. The number of nitrogens with zero attached hydrogens (tertiary/aromatic N) is 3. The SMILES string of the molecule is CCCCNc1nc(NC)nc(OC(C(F)(F)F)C(F)(F)F)n1. The molecule has 132 valence electrons. The van der Waals surface area contributed by atoms with Gasteiger partial charge in [-0.2, -0.15) is 41.3 Å². The Morgan fingerprint density at radius 2 is 1.57 bits per heavy atom. The van der Waals surface area contributed by atoms with Crippen LogP contribution >= 0.6 is 0 Å². The van der Waals surface area contributed by atoms with E-state index in [1.54, 1.807) is 0 Å². The largest absolute Gasteiger partial charge is 0.440 e. The van der Waals surface area contributed by atoms with Crippen molar-refractivity contribution >= 4 is 11.9 Å². The van der Waals surface area contributed by atoms with Gasteiger partial charge < -0.3 is 15.4 Å². The van der Waals surface area contributed by atoms with E-state index in [0.29, 0.717) is 13.0 Å². The molecule has 0 atom stereocenters. The van der Waals surface area contributed by atoms with E-state index in [0.717, 1.165) is 6.42 Å². The number of alkyl halides is 6. The number of ether oxygens (including phenoxy) is 1. The number of nitrogens with one attached hydrogen (secondary N) is 2. The minimum atomic E-state index is -5.65. The molecule has 23 heavy (non-hydrogen) atoms. The van der Waals surface area contributed by atoms with Crippen molar-refractivity contribution in [3.63, 3.8) is 0 Å². The second kappa shape index (κ2) is 7.51. The zero-order valence-electron chi connectivity index (χ0n) is 12.2. The van der Waals surface area contributed by atoms with E-state index in [4.69, 9.17) is 0 Å². The molecule has 0 aliphatic heterocycles. The quantitative estimate of drug-likeness (QED) is 0.584. The first-order chi connectivity index (χ1) is 10.6. The van der Waals surface area contributed by atoms with Crippen molar-refractivity contribution < 1.29 is 31.1 Å². The molecule has 2 N–H and O–H groups in total. The van der Waals surface area contributed by atoms with Crippen LogP contribution in [0, 0.1) is 0 Å². The number of unbranched alkanes of at least 4 members (excludes halogenated alkanes) is 1. The highest BCUT2D eigenvalue weighted by Crippen LogP contribution is 2.35. The highest BCUT2D eigenvalue weighted by Gasteiger charge is 2.59. The summed E-state index contributed by atoms with van der Waals surface area (Å²) in [6, 6.07) is -1.08. The van der Waals surface area contributed by atoms with Crippen LogP contribution in [0.2, 0.25) is 0 Å². The summed E-state index contributed by atoms with van der Waals surface area (Å²) in [5.41, 5.74) is 0. The second-order valence-corrected chi connectivity index (χ2v) is 4.38. The first-order valence-corrected chi connectivity index (χ1v) is 6.55. The minimum absolute atomic E-state index is 0.184. The van der Waals surface area contributed by atoms with E-state index in [2.05, 4.69) is 30.3 Å². The van der Waals surface area contributed by atoms with Crippen molar-refractivity contribution in [1.82, 2.24) is 15.0 Å². The number of hydrogen-bond acceptors (Lipinski definition) is 6. The molecule has 0 saturated carbocycles. The Morgan fingerprint density at radius 1 is 1.00 bits per heavy atom. The second-order valence-electron chi connectivity index (χ2n) is 4.38. The van der Waals surface area contributed by atoms with Crippen molar-refractivity contribution in [2.24, 2.45) is 0 Å². The predicted octanol–water partition coefficient (Wildman–Crippen LogP) is 3.00. The fraction of sp³-hybridized carbons (Fsp3) is 0.727. The van der Waals surface area contributed by atoms with E-state index in [1.807, 2.05) is 6.92 Å². The van der Waals surface area contributed by atoms with Gasteiger partial charge in [0.25, 0.3) is 6.10 Å². The molecule has 0 radical (unpaired) electrons. The number of aromatic nitrogens is 3. The lowest BCUT2D eigenvalue weighted by molar-refractivity contribution is -0.301. The Bertz CT molecular complexity index is 493. The van der Waals surface area contributed by atoms with Gasteiger partial charge in [-0.15, -0.1) is 0 Å². The number of anilines is 2. The Morgan fingerprint density at radius 3 is 2.04 bits per heavy atom. The normalized spacial score (nSPS) is 12.4. The lowest BCUT2D eigenvalue weighted by Gasteiger charge is -2.22. The highest BCUT2D eigenvalue weighted by molar-refractivity contribution is 5.35. The van der Waals surface area contributed by atoms with Crippen molar-refractivity contribution in [2.75, 3.05) is 24.2 Å². The zero-order valence-corrected chi connectivity index (χ0v) is 12.2. The Labute approximate surface area is 127 Å². The molecular formula is C11H15F6N5O. The van der Waals surface area contributed by atoms with E-state index in [9.17, 15) is 26.3 Å². The van der Waals surface area contributed by atoms with Crippen LogP contribution in [0.1, 0.15) is 19.8 Å². The average Bonchev–Trinajstić information content (AvgIpc) is 2.42. The van der Waals surface area contributed by atoms with Gasteiger partial charge in [-0.3, -0.25) is 0 Å². The summed E-state index contributed by atoms with van der Waals surface area (Å²) < 4.78 is 78.9. The van der Waals surface area contributed by atoms with Gasteiger partial charge in [0.1, 0.15) is 0 Å². The lowest BCUT2D eigenvalue weighted by Crippen LogP contribution is -2.47. The van der Waals surface area contributed by atoms with Gasteiger partial charge in [0, 0.05) is 13.6 Å². The van der Waals surface area contributed by atoms with Gasteiger partial charge in [0.15, 0.2) is 0 Å². The van der Waals surface area contributed by atoms with Crippen LogP contribution in [0.4, 0.5) is 38.2 Å². The van der Waals surface area contributed by atoms with Crippen molar-refractivity contribution in [3.8, 4) is 6.01 Å². The van der Waals surface area contributed by atoms with Crippen molar-refractivity contribution in [1.29, 1.82) is 0 Å². The summed E-state index contributed by atoms with van der Waals surface area (Å²) in [4.78, 5) is 10.5. The smallest absolute Gasteiger partial charge is 0.434 e. The van der Waals surface area contributed by atoms with Crippen molar-refractivity contribution in [3.05, 3.63) is 0 Å². The highest BCUT2D eigenvalue weighted by atomic mass is 19.4. The van der Waals surface area contributed by atoms with Crippen molar-refractivity contribution in [2.45, 2.75) is 38.2 Å². The minimum Gasteiger partial charge on any atom is -0.440 e. The summed E-state index contributed by atoms with van der Waals surface area (Å²) in [7, 11) is 1.35. The van der Waals surface area contributed by atoms with Crippen LogP contribution in [0.3, 0.4) is 0 Å². The molecule has 1 rings (SSSR count). The lowest BCUT2D eigenvalue weighted by atomic mass is 10.3. The summed E-state index contributed by atoms with van der Waals surface area (Å²) in [5, 5.41) is 5.07. The maximum absolute atomic E-state index is 12.5. The van der Waals surface area contributed by atoms with Crippen LogP contribution in [-0.2, 0) is 0 Å². The fourth-order valence-corrected chi connectivity index (χ4v) is 1.40. The number of halogens is 6. The molecule has 0 aliphatic rings. The summed E-state index contributed by atoms with van der Waals surface area (Å²) in [6.45, 7) is 2.30. The van der Waals surface area contributed by atoms with E-state index < -0.39 is 24.5 Å². The molecule has 0 bridgehead atoms. The molecule has 1 aromatic heterocycles. The predicted molar refractivity (Wildman–Crippen MR) is 69.3 cm³/mol. The molecule has 0 unspecified atom stereocenters. The Balaban J connectivity index is 3.03. The number of rotatable bonds is 7. The van der Waals surface area contributed by atoms with E-state index in [1.165, 1.54) is 7.05 Å². The molecule has 1 heterocycles. The summed E-state index contributed by atoms with van der Waals surface area (Å²) in [6.07, 6.45) is -13.8. The third-order valence-corrected chi connectivity index (χ3v) is 2.47. The third-order valence-electron chi connectivity index (χ3n) is 2.47. The summed E-state index contributed by atoms with van der Waals surface area (Å²) >= 11 is 0. The van der Waals surface area contributed by atoms with Crippen LogP contribution in [0.15, 0.2) is 0 Å². The molecule has 0 saturated heterocycles. The van der Waals surface area contributed by atoms with Gasteiger partial charge in [-0.25, -0.2) is 0 Å².